The van der Waals surface area contributed by atoms with E-state index in [0.29, 0.717) is 34.0 Å². The van der Waals surface area contributed by atoms with Crippen LogP contribution in [0.4, 0.5) is 0 Å². The Morgan fingerprint density at radius 3 is 2.35 bits per heavy atom. The summed E-state index contributed by atoms with van der Waals surface area (Å²) in [4.78, 5) is 25.3. The lowest BCUT2D eigenvalue weighted by Crippen LogP contribution is -2.31. The van der Waals surface area contributed by atoms with E-state index >= 15 is 0 Å². The average molecular weight is 459 g/mol. The minimum Gasteiger partial charge on any atom is -0.497 e. The molecule has 0 aliphatic heterocycles. The zero-order chi connectivity index (χ0) is 24.1. The minimum absolute atomic E-state index is 0.112. The van der Waals surface area contributed by atoms with Gasteiger partial charge in [-0.15, -0.1) is 0 Å². The molecule has 0 saturated heterocycles. The Kier molecular flexibility index (Phi) is 6.82. The molecule has 3 aromatic carbocycles. The summed E-state index contributed by atoms with van der Waals surface area (Å²) in [5.41, 5.74) is 1.06. The molecule has 0 unspecified atom stereocenters. The molecule has 0 aliphatic rings. The van der Waals surface area contributed by atoms with Gasteiger partial charge in [-0.1, -0.05) is 30.3 Å². The maximum Gasteiger partial charge on any atom is 0.258 e. The topological polar surface area (TPSA) is 87.0 Å². The van der Waals surface area contributed by atoms with Gasteiger partial charge in [-0.25, -0.2) is 0 Å². The summed E-state index contributed by atoms with van der Waals surface area (Å²) in [6, 6.07) is 21.3. The Morgan fingerprint density at radius 2 is 1.65 bits per heavy atom. The number of carbonyl (C=O) groups excluding carboxylic acids is 1. The summed E-state index contributed by atoms with van der Waals surface area (Å²) in [6.45, 7) is 3.41. The van der Waals surface area contributed by atoms with Crippen LogP contribution in [-0.2, 0) is 4.79 Å². The summed E-state index contributed by atoms with van der Waals surface area (Å²) in [6.07, 6.45) is 0. The van der Waals surface area contributed by atoms with Crippen molar-refractivity contribution in [1.29, 1.82) is 0 Å². The first kappa shape index (κ1) is 22.9. The number of amides is 1. The second kappa shape index (κ2) is 10.1. The first-order valence-electron chi connectivity index (χ1n) is 10.8. The van der Waals surface area contributed by atoms with Crippen molar-refractivity contribution < 1.29 is 23.4 Å². The van der Waals surface area contributed by atoms with Gasteiger partial charge in [-0.2, -0.15) is 0 Å². The highest BCUT2D eigenvalue weighted by Gasteiger charge is 2.15. The van der Waals surface area contributed by atoms with Gasteiger partial charge in [0.15, 0.2) is 6.61 Å². The van der Waals surface area contributed by atoms with Crippen molar-refractivity contribution in [2.75, 3.05) is 13.7 Å². The van der Waals surface area contributed by atoms with Crippen LogP contribution in [-0.4, -0.2) is 19.6 Å². The molecule has 0 bridgehead atoms. The quantitative estimate of drug-likeness (QED) is 0.392. The van der Waals surface area contributed by atoms with Gasteiger partial charge in [0.1, 0.15) is 28.6 Å². The number of nitrogens with one attached hydrogen (secondary N) is 1. The molecule has 7 heteroatoms. The predicted molar refractivity (Wildman–Crippen MR) is 129 cm³/mol. The van der Waals surface area contributed by atoms with Crippen LogP contribution < -0.4 is 25.0 Å². The number of benzene rings is 3. The number of rotatable bonds is 8. The van der Waals surface area contributed by atoms with Crippen LogP contribution in [0.15, 0.2) is 82.0 Å². The third kappa shape index (κ3) is 5.20. The largest absolute Gasteiger partial charge is 0.497 e. The Labute approximate surface area is 196 Å². The molecule has 1 heterocycles. The fraction of sp³-hybridized carbons (Fsp3) is 0.185. The third-order valence-electron chi connectivity index (χ3n) is 5.31. The molecular weight excluding hydrogens is 434 g/mol. The van der Waals surface area contributed by atoms with E-state index < -0.39 is 0 Å². The first-order chi connectivity index (χ1) is 16.4. The number of fused-ring (bicyclic) bond motifs is 1. The van der Waals surface area contributed by atoms with Gasteiger partial charge in [-0.05, 0) is 55.8 Å². The van der Waals surface area contributed by atoms with Crippen molar-refractivity contribution in [2.24, 2.45) is 0 Å². The number of methoxy groups -OCH3 is 1. The highest BCUT2D eigenvalue weighted by Crippen LogP contribution is 2.28. The van der Waals surface area contributed by atoms with Gasteiger partial charge >= 0.3 is 0 Å². The van der Waals surface area contributed by atoms with Crippen molar-refractivity contribution in [1.82, 2.24) is 5.32 Å². The van der Waals surface area contributed by atoms with E-state index in [0.717, 1.165) is 5.56 Å². The summed E-state index contributed by atoms with van der Waals surface area (Å²) in [7, 11) is 1.58. The molecule has 0 spiro atoms. The van der Waals surface area contributed by atoms with Gasteiger partial charge in [0.25, 0.3) is 5.91 Å². The molecule has 1 amide bonds. The Morgan fingerprint density at radius 1 is 0.971 bits per heavy atom. The lowest BCUT2D eigenvalue weighted by molar-refractivity contribution is -0.123. The number of carbonyl (C=O) groups is 1. The Hall–Kier alpha value is -4.26. The van der Waals surface area contributed by atoms with Crippen molar-refractivity contribution in [2.45, 2.75) is 19.9 Å². The standard InChI is InChI=1S/C27H25NO6/c1-17(19-7-5-4-6-8-19)28-25(29)16-32-22-13-14-23-24(15-22)33-18(2)27(26(23)30)34-21-11-9-20(31-3)10-12-21/h4-15,17H,16H2,1-3H3,(H,28,29)/t17-/m1/s1. The summed E-state index contributed by atoms with van der Waals surface area (Å²) in [5.74, 6) is 1.79. The summed E-state index contributed by atoms with van der Waals surface area (Å²) in [5, 5.41) is 3.25. The van der Waals surface area contributed by atoms with Gasteiger partial charge in [-0.3, -0.25) is 9.59 Å². The zero-order valence-electron chi connectivity index (χ0n) is 19.2. The molecule has 0 fully saturated rings. The normalized spacial score (nSPS) is 11.6. The van der Waals surface area contributed by atoms with E-state index in [-0.39, 0.29) is 29.7 Å². The fourth-order valence-electron chi connectivity index (χ4n) is 3.49. The number of aryl methyl sites for hydroxylation is 1. The first-order valence-corrected chi connectivity index (χ1v) is 10.8. The van der Waals surface area contributed by atoms with Crippen molar-refractivity contribution in [3.63, 3.8) is 0 Å². The highest BCUT2D eigenvalue weighted by molar-refractivity contribution is 5.80. The molecule has 1 aromatic heterocycles. The van der Waals surface area contributed by atoms with E-state index in [2.05, 4.69) is 5.32 Å². The smallest absolute Gasteiger partial charge is 0.258 e. The van der Waals surface area contributed by atoms with Gasteiger partial charge in [0, 0.05) is 6.07 Å². The monoisotopic (exact) mass is 459 g/mol. The predicted octanol–water partition coefficient (Wildman–Crippen LogP) is 5.16. The Balaban J connectivity index is 1.45. The van der Waals surface area contributed by atoms with Crippen molar-refractivity contribution in [3.8, 4) is 23.0 Å². The molecule has 1 N–H and O–H groups in total. The molecule has 174 valence electrons. The molecule has 7 nitrogen and oxygen atoms in total. The van der Waals surface area contributed by atoms with Crippen LogP contribution >= 0.6 is 0 Å². The van der Waals surface area contributed by atoms with Crippen LogP contribution in [0.2, 0.25) is 0 Å². The van der Waals surface area contributed by atoms with E-state index in [1.807, 2.05) is 37.3 Å². The van der Waals surface area contributed by atoms with E-state index in [1.54, 1.807) is 56.5 Å². The van der Waals surface area contributed by atoms with Crippen molar-refractivity contribution in [3.05, 3.63) is 94.3 Å². The summed E-state index contributed by atoms with van der Waals surface area (Å²) < 4.78 is 22.4. The van der Waals surface area contributed by atoms with Gasteiger partial charge in [0.05, 0.1) is 18.5 Å². The second-order valence-corrected chi connectivity index (χ2v) is 7.74. The average Bonchev–Trinajstić information content (AvgIpc) is 2.86. The third-order valence-corrected chi connectivity index (χ3v) is 5.31. The molecule has 1 atom stereocenters. The SMILES string of the molecule is COc1ccc(Oc2c(C)oc3cc(OCC(=O)N[C@H](C)c4ccccc4)ccc3c2=O)cc1. The van der Waals surface area contributed by atoms with Crippen LogP contribution in [0.1, 0.15) is 24.3 Å². The van der Waals surface area contributed by atoms with E-state index in [1.165, 1.54) is 0 Å². The molecule has 4 aromatic rings. The van der Waals surface area contributed by atoms with Crippen LogP contribution in [0, 0.1) is 6.92 Å². The maximum atomic E-state index is 13.0. The Bertz CT molecular complexity index is 1350. The molecule has 0 saturated carbocycles. The van der Waals surface area contributed by atoms with Crippen LogP contribution in [0.3, 0.4) is 0 Å². The maximum absolute atomic E-state index is 13.0. The van der Waals surface area contributed by atoms with E-state index in [9.17, 15) is 9.59 Å². The number of hydrogen-bond donors (Lipinski definition) is 1. The molecule has 34 heavy (non-hydrogen) atoms. The van der Waals surface area contributed by atoms with Crippen LogP contribution in [0.5, 0.6) is 23.0 Å². The van der Waals surface area contributed by atoms with Gasteiger partial charge < -0.3 is 23.9 Å². The zero-order valence-corrected chi connectivity index (χ0v) is 19.2. The minimum atomic E-state index is -0.296. The lowest BCUT2D eigenvalue weighted by Gasteiger charge is -2.15. The molecule has 0 radical (unpaired) electrons. The van der Waals surface area contributed by atoms with Gasteiger partial charge in [0.2, 0.25) is 11.2 Å². The molecule has 4 rings (SSSR count). The van der Waals surface area contributed by atoms with Crippen LogP contribution in [0.25, 0.3) is 11.0 Å². The lowest BCUT2D eigenvalue weighted by atomic mass is 10.1. The molecule has 0 aliphatic carbocycles. The number of ether oxygens (including phenoxy) is 3. The fourth-order valence-corrected chi connectivity index (χ4v) is 3.49. The number of hydrogen-bond acceptors (Lipinski definition) is 6. The summed E-state index contributed by atoms with van der Waals surface area (Å²) >= 11 is 0. The second-order valence-electron chi connectivity index (χ2n) is 7.74. The van der Waals surface area contributed by atoms with Crippen molar-refractivity contribution >= 4 is 16.9 Å². The van der Waals surface area contributed by atoms with E-state index in [4.69, 9.17) is 18.6 Å². The highest BCUT2D eigenvalue weighted by atomic mass is 16.5. The molecular formula is C27H25NO6.